The Morgan fingerprint density at radius 3 is 2.74 bits per heavy atom. The summed E-state index contributed by atoms with van der Waals surface area (Å²) in [7, 11) is 0. The number of urea groups is 1. The van der Waals surface area contributed by atoms with Crippen molar-refractivity contribution < 1.29 is 19.0 Å². The van der Waals surface area contributed by atoms with Crippen molar-refractivity contribution in [1.29, 1.82) is 0 Å². The maximum Gasteiger partial charge on any atom is 0.320 e. The van der Waals surface area contributed by atoms with Crippen LogP contribution in [0.3, 0.4) is 0 Å². The van der Waals surface area contributed by atoms with Crippen LogP contribution in [-0.4, -0.2) is 126 Å². The van der Waals surface area contributed by atoms with Crippen LogP contribution in [0.1, 0.15) is 13.8 Å². The Labute approximate surface area is 227 Å². The van der Waals surface area contributed by atoms with Crippen LogP contribution in [0.15, 0.2) is 24.3 Å². The summed E-state index contributed by atoms with van der Waals surface area (Å²) < 4.78 is 19.9. The van der Waals surface area contributed by atoms with Crippen LogP contribution in [0.5, 0.6) is 5.75 Å². The fourth-order valence-corrected chi connectivity index (χ4v) is 6.46. The van der Waals surface area contributed by atoms with E-state index < -0.39 is 11.6 Å². The standard InChI is InChI=1S/C27H37FN8O3/c1-17-13-33(16-20-12-29-6-9-39-20)14-18(2)36(17)27(38)34-7-8-35-19(15-34)11-30-26-24(35)10-23(31-32-26)21-4-3-5-22(28)25(21)37/h3-5,10,17-20,29,37H,6-9,11-16H2,1-2H3,(H,30,32)/t17-,18+,19-,20+/m1/s1. The van der Waals surface area contributed by atoms with Gasteiger partial charge in [-0.3, -0.25) is 4.90 Å². The fourth-order valence-electron chi connectivity index (χ4n) is 6.46. The second-order valence-electron chi connectivity index (χ2n) is 11.1. The summed E-state index contributed by atoms with van der Waals surface area (Å²) >= 11 is 0. The van der Waals surface area contributed by atoms with Crippen molar-refractivity contribution in [1.82, 2.24) is 30.2 Å². The Morgan fingerprint density at radius 1 is 1.15 bits per heavy atom. The number of fused-ring (bicyclic) bond motifs is 3. The molecule has 2 amide bonds. The van der Waals surface area contributed by atoms with Crippen molar-refractivity contribution in [2.75, 3.05) is 75.7 Å². The fraction of sp³-hybridized carbons (Fsp3) is 0.593. The first-order chi connectivity index (χ1) is 18.9. The zero-order valence-corrected chi connectivity index (χ0v) is 22.5. The number of amides is 2. The Balaban J connectivity index is 1.12. The number of nitrogens with zero attached hydrogens (tertiary/aromatic N) is 6. The first kappa shape index (κ1) is 26.0. The molecule has 2 aromatic rings. The quantitative estimate of drug-likeness (QED) is 0.532. The molecule has 6 rings (SSSR count). The second-order valence-corrected chi connectivity index (χ2v) is 11.1. The number of hydrogen-bond acceptors (Lipinski definition) is 9. The van der Waals surface area contributed by atoms with Crippen molar-refractivity contribution in [2.24, 2.45) is 0 Å². The number of benzene rings is 1. The molecule has 1 aromatic carbocycles. The normalized spacial score (nSPS) is 27.5. The number of ether oxygens (including phenoxy) is 1. The summed E-state index contributed by atoms with van der Waals surface area (Å²) in [5.74, 6) is -0.478. The first-order valence-corrected chi connectivity index (χ1v) is 13.9. The number of carbonyl (C=O) groups excluding carboxylic acids is 1. The molecule has 11 nitrogen and oxygen atoms in total. The third kappa shape index (κ3) is 5.08. The van der Waals surface area contributed by atoms with Gasteiger partial charge in [0, 0.05) is 76.5 Å². The number of rotatable bonds is 3. The maximum absolute atomic E-state index is 14.0. The second kappa shape index (κ2) is 10.7. The van der Waals surface area contributed by atoms with E-state index in [1.807, 2.05) is 15.9 Å². The predicted molar refractivity (Wildman–Crippen MR) is 145 cm³/mol. The molecule has 3 saturated heterocycles. The van der Waals surface area contributed by atoms with Gasteiger partial charge in [-0.2, -0.15) is 0 Å². The van der Waals surface area contributed by atoms with Gasteiger partial charge >= 0.3 is 6.03 Å². The summed E-state index contributed by atoms with van der Waals surface area (Å²) in [6, 6.07) is 6.59. The molecule has 0 unspecified atom stereocenters. The minimum atomic E-state index is -0.696. The van der Waals surface area contributed by atoms with Gasteiger partial charge in [-0.25, -0.2) is 9.18 Å². The average Bonchev–Trinajstić information content (AvgIpc) is 2.94. The van der Waals surface area contributed by atoms with E-state index in [2.05, 4.69) is 44.5 Å². The monoisotopic (exact) mass is 540 g/mol. The highest BCUT2D eigenvalue weighted by atomic mass is 19.1. The first-order valence-electron chi connectivity index (χ1n) is 13.9. The Kier molecular flexibility index (Phi) is 7.17. The van der Waals surface area contributed by atoms with Gasteiger partial charge in [-0.1, -0.05) is 6.07 Å². The van der Waals surface area contributed by atoms with Crippen molar-refractivity contribution in [3.8, 4) is 17.0 Å². The SMILES string of the molecule is C[C@@H]1CN(C[C@@H]2CNCCO2)C[C@H](C)N1C(=O)N1CCN2c3cc(-c4cccc(F)c4O)nnc3NC[C@@H]2C1. The van der Waals surface area contributed by atoms with Crippen LogP contribution in [0.4, 0.5) is 20.7 Å². The van der Waals surface area contributed by atoms with E-state index >= 15 is 0 Å². The number of piperazine rings is 2. The lowest BCUT2D eigenvalue weighted by molar-refractivity contribution is -0.0187. The van der Waals surface area contributed by atoms with E-state index in [1.165, 1.54) is 6.07 Å². The van der Waals surface area contributed by atoms with Crippen molar-refractivity contribution in [3.63, 3.8) is 0 Å². The zero-order valence-electron chi connectivity index (χ0n) is 22.5. The van der Waals surface area contributed by atoms with E-state index in [0.29, 0.717) is 43.3 Å². The Hall–Kier alpha value is -3.22. The number of morpholine rings is 1. The third-order valence-corrected chi connectivity index (χ3v) is 8.29. The summed E-state index contributed by atoms with van der Waals surface area (Å²) in [4.78, 5) is 22.5. The lowest BCUT2D eigenvalue weighted by atomic mass is 10.0. The van der Waals surface area contributed by atoms with Gasteiger partial charge in [-0.15, -0.1) is 10.2 Å². The molecule has 210 valence electrons. The number of phenolic OH excluding ortho intramolecular Hbond substituents is 1. The van der Waals surface area contributed by atoms with Crippen molar-refractivity contribution in [2.45, 2.75) is 38.1 Å². The van der Waals surface area contributed by atoms with Gasteiger partial charge in [0.2, 0.25) is 0 Å². The molecule has 0 spiro atoms. The molecular formula is C27H37FN8O3. The molecule has 0 bridgehead atoms. The summed E-state index contributed by atoms with van der Waals surface area (Å²) in [6.07, 6.45) is 0.199. The molecule has 4 atom stereocenters. The maximum atomic E-state index is 14.0. The van der Waals surface area contributed by atoms with Crippen LogP contribution < -0.4 is 15.5 Å². The molecule has 4 aliphatic rings. The van der Waals surface area contributed by atoms with Gasteiger partial charge in [0.05, 0.1) is 30.1 Å². The number of nitrogens with one attached hydrogen (secondary N) is 2. The molecule has 12 heteroatoms. The number of aromatic nitrogens is 2. The molecule has 39 heavy (non-hydrogen) atoms. The summed E-state index contributed by atoms with van der Waals surface area (Å²) in [5.41, 5.74) is 1.55. The molecule has 3 fully saturated rings. The molecular weight excluding hydrogens is 503 g/mol. The number of carbonyl (C=O) groups is 1. The van der Waals surface area contributed by atoms with Gasteiger partial charge in [0.15, 0.2) is 17.4 Å². The zero-order chi connectivity index (χ0) is 27.1. The molecule has 1 aromatic heterocycles. The molecule has 0 saturated carbocycles. The van der Waals surface area contributed by atoms with Gasteiger partial charge < -0.3 is 35.2 Å². The summed E-state index contributed by atoms with van der Waals surface area (Å²) in [5, 5.41) is 25.5. The predicted octanol–water partition coefficient (Wildman–Crippen LogP) is 1.41. The Bertz CT molecular complexity index is 1200. The van der Waals surface area contributed by atoms with E-state index in [4.69, 9.17) is 4.74 Å². The van der Waals surface area contributed by atoms with Crippen LogP contribution in [0.25, 0.3) is 11.3 Å². The summed E-state index contributed by atoms with van der Waals surface area (Å²) in [6.45, 7) is 11.8. The minimum Gasteiger partial charge on any atom is -0.504 e. The average molecular weight is 541 g/mol. The molecule has 4 aliphatic heterocycles. The van der Waals surface area contributed by atoms with Gasteiger partial charge in [-0.05, 0) is 32.0 Å². The number of aromatic hydroxyl groups is 1. The topological polar surface area (TPSA) is 109 Å². The third-order valence-electron chi connectivity index (χ3n) is 8.29. The molecule has 0 aliphatic carbocycles. The van der Waals surface area contributed by atoms with Crippen molar-refractivity contribution >= 4 is 17.5 Å². The van der Waals surface area contributed by atoms with Gasteiger partial charge in [0.1, 0.15) is 0 Å². The van der Waals surface area contributed by atoms with Crippen LogP contribution in [0, 0.1) is 5.82 Å². The highest BCUT2D eigenvalue weighted by Gasteiger charge is 2.40. The highest BCUT2D eigenvalue weighted by molar-refractivity contribution is 5.79. The number of halogens is 1. The van der Waals surface area contributed by atoms with E-state index in [0.717, 1.165) is 45.0 Å². The van der Waals surface area contributed by atoms with E-state index in [1.54, 1.807) is 12.1 Å². The number of hydrogen-bond donors (Lipinski definition) is 3. The van der Waals surface area contributed by atoms with E-state index in [-0.39, 0.29) is 30.3 Å². The smallest absolute Gasteiger partial charge is 0.320 e. The van der Waals surface area contributed by atoms with Crippen LogP contribution >= 0.6 is 0 Å². The van der Waals surface area contributed by atoms with Gasteiger partial charge in [0.25, 0.3) is 0 Å². The lowest BCUT2D eigenvalue weighted by Crippen LogP contribution is -2.66. The number of phenols is 1. The molecule has 3 N–H and O–H groups in total. The number of anilines is 2. The lowest BCUT2D eigenvalue weighted by Gasteiger charge is -2.50. The Morgan fingerprint density at radius 2 is 1.97 bits per heavy atom. The minimum absolute atomic E-state index is 0.0659. The molecule has 5 heterocycles. The molecule has 0 radical (unpaired) electrons. The number of para-hydroxylation sites is 1. The van der Waals surface area contributed by atoms with Crippen LogP contribution in [0.2, 0.25) is 0 Å². The van der Waals surface area contributed by atoms with E-state index in [9.17, 15) is 14.3 Å². The van der Waals surface area contributed by atoms with Crippen molar-refractivity contribution in [3.05, 3.63) is 30.1 Å². The van der Waals surface area contributed by atoms with Crippen LogP contribution in [-0.2, 0) is 4.74 Å². The largest absolute Gasteiger partial charge is 0.504 e. The highest BCUT2D eigenvalue weighted by Crippen LogP contribution is 2.37.